The molecule has 1 heterocycles. The summed E-state index contributed by atoms with van der Waals surface area (Å²) in [5.41, 5.74) is 0. The van der Waals surface area contributed by atoms with Crippen LogP contribution in [0.1, 0.15) is 58.3 Å². The number of carbonyl (C=O) groups excluding carboxylic acids is 1. The van der Waals surface area contributed by atoms with Crippen molar-refractivity contribution in [3.8, 4) is 0 Å². The van der Waals surface area contributed by atoms with Crippen molar-refractivity contribution in [3.05, 3.63) is 0 Å². The summed E-state index contributed by atoms with van der Waals surface area (Å²) in [4.78, 5) is 11.8. The highest BCUT2D eigenvalue weighted by atomic mass is 16.2. The first-order valence-electron chi connectivity index (χ1n) is 7.33. The van der Waals surface area contributed by atoms with Gasteiger partial charge in [0.2, 0.25) is 5.91 Å². The van der Waals surface area contributed by atoms with Gasteiger partial charge in [0.15, 0.2) is 0 Å². The van der Waals surface area contributed by atoms with Crippen molar-refractivity contribution in [1.29, 1.82) is 0 Å². The first-order chi connectivity index (χ1) is 8.29. The fourth-order valence-electron chi connectivity index (χ4n) is 3.12. The lowest BCUT2D eigenvalue weighted by molar-refractivity contribution is -0.123. The standard InChI is InChI=1S/C14H26N2O/c1-2-11-6-8-12(9-7-11)16-13-5-3-4-10-15-14(13)17/h11-13,16H,2-10H2,1H3,(H,15,17)/t11?,12?,13-/m1/s1. The molecule has 0 aromatic rings. The largest absolute Gasteiger partial charge is 0.355 e. The van der Waals surface area contributed by atoms with E-state index in [0.717, 1.165) is 25.3 Å². The van der Waals surface area contributed by atoms with E-state index < -0.39 is 0 Å². The van der Waals surface area contributed by atoms with Crippen molar-refractivity contribution in [1.82, 2.24) is 10.6 Å². The molecule has 3 heteroatoms. The smallest absolute Gasteiger partial charge is 0.237 e. The summed E-state index contributed by atoms with van der Waals surface area (Å²) < 4.78 is 0. The van der Waals surface area contributed by atoms with Gasteiger partial charge in [-0.25, -0.2) is 0 Å². The Morgan fingerprint density at radius 3 is 2.65 bits per heavy atom. The molecule has 2 fully saturated rings. The molecule has 2 rings (SSSR count). The maximum Gasteiger partial charge on any atom is 0.237 e. The number of hydrogen-bond acceptors (Lipinski definition) is 2. The third-order valence-corrected chi connectivity index (χ3v) is 4.40. The molecule has 2 aliphatic rings. The fraction of sp³-hybridized carbons (Fsp3) is 0.929. The Bertz CT molecular complexity index is 247. The zero-order valence-electron chi connectivity index (χ0n) is 11.0. The second-order valence-electron chi connectivity index (χ2n) is 5.63. The van der Waals surface area contributed by atoms with Gasteiger partial charge in [-0.2, -0.15) is 0 Å². The van der Waals surface area contributed by atoms with Crippen LogP contribution in [0.25, 0.3) is 0 Å². The van der Waals surface area contributed by atoms with Gasteiger partial charge in [0, 0.05) is 12.6 Å². The van der Waals surface area contributed by atoms with Gasteiger partial charge in [-0.3, -0.25) is 4.79 Å². The van der Waals surface area contributed by atoms with Crippen molar-refractivity contribution in [3.63, 3.8) is 0 Å². The number of rotatable bonds is 3. The van der Waals surface area contributed by atoms with Gasteiger partial charge in [0.05, 0.1) is 6.04 Å². The second-order valence-corrected chi connectivity index (χ2v) is 5.63. The number of carbonyl (C=O) groups is 1. The normalized spacial score (nSPS) is 35.1. The van der Waals surface area contributed by atoms with Crippen molar-refractivity contribution in [2.45, 2.75) is 70.4 Å². The van der Waals surface area contributed by atoms with Crippen LogP contribution in [0.4, 0.5) is 0 Å². The van der Waals surface area contributed by atoms with Gasteiger partial charge in [0.25, 0.3) is 0 Å². The average molecular weight is 238 g/mol. The minimum absolute atomic E-state index is 0.0701. The van der Waals surface area contributed by atoms with Gasteiger partial charge in [0.1, 0.15) is 0 Å². The molecule has 1 saturated carbocycles. The Hall–Kier alpha value is -0.570. The number of amides is 1. The van der Waals surface area contributed by atoms with Crippen LogP contribution >= 0.6 is 0 Å². The van der Waals surface area contributed by atoms with E-state index in [1.807, 2.05) is 0 Å². The second kappa shape index (κ2) is 6.39. The molecule has 0 aromatic carbocycles. The third-order valence-electron chi connectivity index (χ3n) is 4.40. The average Bonchev–Trinajstić information content (AvgIpc) is 2.56. The Morgan fingerprint density at radius 1 is 1.18 bits per heavy atom. The monoisotopic (exact) mass is 238 g/mol. The van der Waals surface area contributed by atoms with Crippen LogP contribution < -0.4 is 10.6 Å². The van der Waals surface area contributed by atoms with Crippen molar-refractivity contribution in [2.24, 2.45) is 5.92 Å². The predicted molar refractivity (Wildman–Crippen MR) is 69.8 cm³/mol. The molecule has 17 heavy (non-hydrogen) atoms. The molecule has 0 spiro atoms. The van der Waals surface area contributed by atoms with E-state index >= 15 is 0 Å². The van der Waals surface area contributed by atoms with Crippen LogP contribution in [-0.2, 0) is 4.79 Å². The highest BCUT2D eigenvalue weighted by Crippen LogP contribution is 2.27. The SMILES string of the molecule is CCC1CCC(N[C@@H]2CCCCNC2=O)CC1. The summed E-state index contributed by atoms with van der Waals surface area (Å²) in [5, 5.41) is 6.58. The first kappa shape index (κ1) is 12.9. The summed E-state index contributed by atoms with van der Waals surface area (Å²) in [5.74, 6) is 1.15. The fourth-order valence-corrected chi connectivity index (χ4v) is 3.12. The van der Waals surface area contributed by atoms with Crippen LogP contribution in [0, 0.1) is 5.92 Å². The lowest BCUT2D eigenvalue weighted by Gasteiger charge is -2.31. The Balaban J connectivity index is 1.78. The topological polar surface area (TPSA) is 41.1 Å². The van der Waals surface area contributed by atoms with Crippen molar-refractivity contribution in [2.75, 3.05) is 6.54 Å². The van der Waals surface area contributed by atoms with Crippen LogP contribution in [0.15, 0.2) is 0 Å². The highest BCUT2D eigenvalue weighted by Gasteiger charge is 2.26. The predicted octanol–water partition coefficient (Wildman–Crippen LogP) is 2.21. The summed E-state index contributed by atoms with van der Waals surface area (Å²) in [6, 6.07) is 0.646. The number of hydrogen-bond donors (Lipinski definition) is 2. The molecule has 2 N–H and O–H groups in total. The van der Waals surface area contributed by atoms with E-state index in [-0.39, 0.29) is 11.9 Å². The summed E-state index contributed by atoms with van der Waals surface area (Å²) in [6.07, 6.45) is 9.80. The van der Waals surface area contributed by atoms with Gasteiger partial charge >= 0.3 is 0 Å². The summed E-state index contributed by atoms with van der Waals surface area (Å²) in [6.45, 7) is 3.15. The third kappa shape index (κ3) is 3.70. The molecule has 0 bridgehead atoms. The molecule has 3 nitrogen and oxygen atoms in total. The molecule has 1 atom stereocenters. The van der Waals surface area contributed by atoms with Crippen LogP contribution in [0.5, 0.6) is 0 Å². The molecular formula is C14H26N2O. The van der Waals surface area contributed by atoms with Crippen molar-refractivity contribution < 1.29 is 4.79 Å². The maximum atomic E-state index is 11.8. The Morgan fingerprint density at radius 2 is 1.94 bits per heavy atom. The van der Waals surface area contributed by atoms with E-state index in [0.29, 0.717) is 6.04 Å². The van der Waals surface area contributed by atoms with Crippen LogP contribution in [-0.4, -0.2) is 24.5 Å². The van der Waals surface area contributed by atoms with E-state index in [2.05, 4.69) is 17.6 Å². The van der Waals surface area contributed by atoms with Gasteiger partial charge in [-0.1, -0.05) is 13.3 Å². The molecule has 0 unspecified atom stereocenters. The quantitative estimate of drug-likeness (QED) is 0.791. The first-order valence-corrected chi connectivity index (χ1v) is 7.33. The molecule has 1 aliphatic carbocycles. The van der Waals surface area contributed by atoms with Gasteiger partial charge in [-0.05, 0) is 50.9 Å². The van der Waals surface area contributed by atoms with Gasteiger partial charge in [-0.15, -0.1) is 0 Å². The highest BCUT2D eigenvalue weighted by molar-refractivity contribution is 5.81. The summed E-state index contributed by atoms with van der Waals surface area (Å²) >= 11 is 0. The van der Waals surface area contributed by atoms with E-state index in [9.17, 15) is 4.79 Å². The van der Waals surface area contributed by atoms with Gasteiger partial charge < -0.3 is 10.6 Å². The Kier molecular flexibility index (Phi) is 4.84. The molecule has 1 saturated heterocycles. The maximum absolute atomic E-state index is 11.8. The van der Waals surface area contributed by atoms with Crippen LogP contribution in [0.3, 0.4) is 0 Å². The number of nitrogens with one attached hydrogen (secondary N) is 2. The van der Waals surface area contributed by atoms with E-state index in [4.69, 9.17) is 0 Å². The lowest BCUT2D eigenvalue weighted by Crippen LogP contribution is -2.48. The molecule has 0 aromatic heterocycles. The van der Waals surface area contributed by atoms with E-state index in [1.165, 1.54) is 38.5 Å². The molecule has 1 amide bonds. The Labute approximate surface area is 105 Å². The molecule has 0 radical (unpaired) electrons. The molecule has 1 aliphatic heterocycles. The zero-order valence-corrected chi connectivity index (χ0v) is 11.0. The van der Waals surface area contributed by atoms with Crippen LogP contribution in [0.2, 0.25) is 0 Å². The van der Waals surface area contributed by atoms with E-state index in [1.54, 1.807) is 0 Å². The van der Waals surface area contributed by atoms with Crippen molar-refractivity contribution >= 4 is 5.91 Å². The lowest BCUT2D eigenvalue weighted by atomic mass is 9.84. The molecule has 98 valence electrons. The summed E-state index contributed by atoms with van der Waals surface area (Å²) in [7, 11) is 0. The minimum atomic E-state index is 0.0701. The zero-order chi connectivity index (χ0) is 12.1. The minimum Gasteiger partial charge on any atom is -0.355 e. The molecular weight excluding hydrogens is 212 g/mol.